The zero-order chi connectivity index (χ0) is 22.3. The number of rotatable bonds is 1. The molecule has 0 saturated heterocycles. The molecule has 4 bridgehead atoms. The van der Waals surface area contributed by atoms with E-state index in [9.17, 15) is 22.9 Å². The Hall–Kier alpha value is -2.97. The van der Waals surface area contributed by atoms with Gasteiger partial charge in [-0.25, -0.2) is 13.0 Å². The number of halogens is 3. The van der Waals surface area contributed by atoms with Crippen molar-refractivity contribution in [3.63, 3.8) is 0 Å². The average Bonchev–Trinajstić information content (AvgIpc) is 2.75. The van der Waals surface area contributed by atoms with Gasteiger partial charge >= 0.3 is 0 Å². The van der Waals surface area contributed by atoms with Crippen molar-refractivity contribution in [3.8, 4) is 16.9 Å². The fourth-order valence-corrected chi connectivity index (χ4v) is 4.78. The molecule has 1 aliphatic rings. The number of carbonyl (C=O) groups is 1. The number of benzene rings is 3. The maximum atomic E-state index is 14.8. The SMILES string of the molecule is CCC1NC(=O)c2cc(Cl)c(O)c(c2)S(=O)Nc2cc(c(F)cc2F)-c2ccccc21. The molecule has 0 aliphatic carbocycles. The molecule has 2 unspecified atom stereocenters. The molecular weight excluding hydrogens is 446 g/mol. The fraction of sp³-hybridized carbons (Fsp3) is 0.136. The highest BCUT2D eigenvalue weighted by Crippen LogP contribution is 2.37. The van der Waals surface area contributed by atoms with Gasteiger partial charge < -0.3 is 10.4 Å². The van der Waals surface area contributed by atoms with Crippen LogP contribution in [0.25, 0.3) is 11.1 Å². The van der Waals surface area contributed by atoms with Crippen molar-refractivity contribution in [1.29, 1.82) is 0 Å². The number of anilines is 1. The van der Waals surface area contributed by atoms with E-state index in [0.29, 0.717) is 23.6 Å². The first-order valence-electron chi connectivity index (χ1n) is 9.40. The predicted octanol–water partition coefficient (Wildman–Crippen LogP) is 5.32. The van der Waals surface area contributed by atoms with Crippen molar-refractivity contribution in [1.82, 2.24) is 5.32 Å². The van der Waals surface area contributed by atoms with Gasteiger partial charge in [0.25, 0.3) is 5.91 Å². The molecule has 1 amide bonds. The number of fused-ring (bicyclic) bond motifs is 6. The molecule has 0 fully saturated rings. The van der Waals surface area contributed by atoms with E-state index in [1.165, 1.54) is 18.2 Å². The Morgan fingerprint density at radius 2 is 1.84 bits per heavy atom. The van der Waals surface area contributed by atoms with Crippen molar-refractivity contribution in [2.24, 2.45) is 0 Å². The van der Waals surface area contributed by atoms with Crippen LogP contribution in [-0.2, 0) is 11.0 Å². The van der Waals surface area contributed by atoms with Crippen molar-refractivity contribution in [2.75, 3.05) is 4.72 Å². The summed E-state index contributed by atoms with van der Waals surface area (Å²) >= 11 is 6.04. The lowest BCUT2D eigenvalue weighted by atomic mass is 9.92. The van der Waals surface area contributed by atoms with E-state index < -0.39 is 40.3 Å². The number of phenolic OH excluding ortho intramolecular Hbond substituents is 1. The summed E-state index contributed by atoms with van der Waals surface area (Å²) in [5, 5.41) is 12.9. The van der Waals surface area contributed by atoms with Crippen LogP contribution in [0, 0.1) is 11.6 Å². The number of carbonyl (C=O) groups excluding carboxylic acids is 1. The molecule has 9 heteroatoms. The zero-order valence-corrected chi connectivity index (χ0v) is 17.8. The van der Waals surface area contributed by atoms with Gasteiger partial charge in [0, 0.05) is 17.2 Å². The van der Waals surface area contributed by atoms with Gasteiger partial charge in [0.05, 0.1) is 16.8 Å². The summed E-state index contributed by atoms with van der Waals surface area (Å²) in [6, 6.07) is 10.8. The highest BCUT2D eigenvalue weighted by atomic mass is 35.5. The minimum absolute atomic E-state index is 0.0708. The van der Waals surface area contributed by atoms with Crippen LogP contribution in [0.15, 0.2) is 53.4 Å². The van der Waals surface area contributed by atoms with E-state index in [-0.39, 0.29) is 26.7 Å². The highest BCUT2D eigenvalue weighted by Gasteiger charge is 2.24. The third-order valence-corrected chi connectivity index (χ3v) is 6.49. The molecule has 31 heavy (non-hydrogen) atoms. The summed E-state index contributed by atoms with van der Waals surface area (Å²) in [6.45, 7) is 1.86. The fourth-order valence-electron chi connectivity index (χ4n) is 3.52. The van der Waals surface area contributed by atoms with Gasteiger partial charge in [0.1, 0.15) is 16.5 Å². The molecule has 1 heterocycles. The molecule has 5 nitrogen and oxygen atoms in total. The van der Waals surface area contributed by atoms with E-state index >= 15 is 0 Å². The normalized spacial score (nSPS) is 18.0. The maximum absolute atomic E-state index is 14.8. The minimum Gasteiger partial charge on any atom is -0.505 e. The number of nitrogens with one attached hydrogen (secondary N) is 2. The summed E-state index contributed by atoms with van der Waals surface area (Å²) in [6.07, 6.45) is 0.487. The van der Waals surface area contributed by atoms with Crippen LogP contribution in [0.3, 0.4) is 0 Å². The Labute approximate surface area is 184 Å². The Balaban J connectivity index is 2.01. The predicted molar refractivity (Wildman–Crippen MR) is 115 cm³/mol. The third kappa shape index (κ3) is 3.88. The monoisotopic (exact) mass is 462 g/mol. The smallest absolute Gasteiger partial charge is 0.251 e. The van der Waals surface area contributed by atoms with Crippen molar-refractivity contribution in [2.45, 2.75) is 24.3 Å². The first-order valence-corrected chi connectivity index (χ1v) is 10.9. The number of phenols is 1. The van der Waals surface area contributed by atoms with Crippen molar-refractivity contribution in [3.05, 3.63) is 76.3 Å². The Kier molecular flexibility index (Phi) is 5.68. The molecule has 3 aromatic carbocycles. The van der Waals surface area contributed by atoms with E-state index in [1.54, 1.807) is 24.3 Å². The molecule has 0 radical (unpaired) electrons. The van der Waals surface area contributed by atoms with Crippen LogP contribution < -0.4 is 10.0 Å². The molecule has 0 aromatic heterocycles. The molecule has 3 N–H and O–H groups in total. The van der Waals surface area contributed by atoms with E-state index in [0.717, 1.165) is 0 Å². The number of hydrogen-bond donors (Lipinski definition) is 3. The molecule has 3 aromatic rings. The van der Waals surface area contributed by atoms with Gasteiger partial charge in [-0.15, -0.1) is 0 Å². The van der Waals surface area contributed by atoms with Gasteiger partial charge in [0.15, 0.2) is 16.7 Å². The van der Waals surface area contributed by atoms with E-state index in [4.69, 9.17) is 11.6 Å². The van der Waals surface area contributed by atoms with Crippen LogP contribution in [-0.4, -0.2) is 15.2 Å². The van der Waals surface area contributed by atoms with E-state index in [1.807, 2.05) is 6.92 Å². The summed E-state index contributed by atoms with van der Waals surface area (Å²) < 4.78 is 44.6. The second kappa shape index (κ2) is 8.28. The zero-order valence-electron chi connectivity index (χ0n) is 16.2. The van der Waals surface area contributed by atoms with Gasteiger partial charge in [0.2, 0.25) is 0 Å². The first kappa shape index (κ1) is 21.3. The number of amides is 1. The lowest BCUT2D eigenvalue weighted by Crippen LogP contribution is -2.28. The standard InChI is InChI=1S/C22H17ClF2N2O3S/c1-2-18-13-6-4-3-5-12(13)14-9-19(17(25)10-16(14)24)27-31(30)20-8-11(22(29)26-18)7-15(23)21(20)28/h3-10,18,27-28H,2H2,1H3,(H,26,29). The molecule has 2 atom stereocenters. The summed E-state index contributed by atoms with van der Waals surface area (Å²) in [5.41, 5.74) is 1.03. The number of aromatic hydroxyl groups is 1. The average molecular weight is 463 g/mol. The van der Waals surface area contributed by atoms with Crippen LogP contribution in [0.4, 0.5) is 14.5 Å². The van der Waals surface area contributed by atoms with Gasteiger partial charge in [-0.05, 0) is 35.7 Å². The molecule has 1 aliphatic heterocycles. The summed E-state index contributed by atoms with van der Waals surface area (Å²) in [7, 11) is -2.19. The van der Waals surface area contributed by atoms with Crippen LogP contribution >= 0.6 is 11.6 Å². The van der Waals surface area contributed by atoms with Gasteiger partial charge in [-0.3, -0.25) is 9.52 Å². The Bertz CT molecular complexity index is 1240. The van der Waals surface area contributed by atoms with Gasteiger partial charge in [-0.2, -0.15) is 0 Å². The minimum atomic E-state index is -2.19. The third-order valence-electron chi connectivity index (χ3n) is 5.09. The molecule has 4 rings (SSSR count). The Morgan fingerprint density at radius 3 is 2.58 bits per heavy atom. The van der Waals surface area contributed by atoms with Crippen molar-refractivity contribution < 1.29 is 22.9 Å². The molecule has 0 saturated carbocycles. The molecule has 160 valence electrons. The largest absolute Gasteiger partial charge is 0.505 e. The van der Waals surface area contributed by atoms with Gasteiger partial charge in [-0.1, -0.05) is 42.8 Å². The summed E-state index contributed by atoms with van der Waals surface area (Å²) in [4.78, 5) is 12.7. The van der Waals surface area contributed by atoms with Crippen LogP contribution in [0.5, 0.6) is 5.75 Å². The highest BCUT2D eigenvalue weighted by molar-refractivity contribution is 7.86. The quantitative estimate of drug-likeness (QED) is 0.458. The number of hydrogen-bond acceptors (Lipinski definition) is 3. The molecule has 0 spiro atoms. The summed E-state index contributed by atoms with van der Waals surface area (Å²) in [5.74, 6) is -2.77. The second-order valence-electron chi connectivity index (χ2n) is 7.01. The lowest BCUT2D eigenvalue weighted by Gasteiger charge is -2.21. The van der Waals surface area contributed by atoms with Crippen LogP contribution in [0.2, 0.25) is 5.02 Å². The maximum Gasteiger partial charge on any atom is 0.251 e. The van der Waals surface area contributed by atoms with Crippen molar-refractivity contribution >= 4 is 34.2 Å². The lowest BCUT2D eigenvalue weighted by molar-refractivity contribution is 0.0935. The van der Waals surface area contributed by atoms with Crippen LogP contribution in [0.1, 0.15) is 35.3 Å². The second-order valence-corrected chi connectivity index (χ2v) is 8.60. The molecular formula is C22H17ClF2N2O3S. The van der Waals surface area contributed by atoms with E-state index in [2.05, 4.69) is 10.0 Å². The Morgan fingerprint density at radius 1 is 1.10 bits per heavy atom. The topological polar surface area (TPSA) is 78.4 Å². The first-order chi connectivity index (χ1) is 14.8.